The van der Waals surface area contributed by atoms with Crippen LogP contribution in [0.5, 0.6) is 0 Å². The highest BCUT2D eigenvalue weighted by molar-refractivity contribution is 6.00. The number of allylic oxidation sites excluding steroid dienone is 1. The number of esters is 2. The fraction of sp³-hybridized carbons (Fsp3) is 0.750. The van der Waals surface area contributed by atoms with Gasteiger partial charge in [0.05, 0.1) is 13.2 Å². The van der Waals surface area contributed by atoms with Gasteiger partial charge in [0.15, 0.2) is 5.41 Å². The first-order valence-corrected chi connectivity index (χ1v) is 7.35. The van der Waals surface area contributed by atoms with E-state index in [1.54, 1.807) is 13.8 Å². The maximum Gasteiger partial charge on any atom is 0.323 e. The molecule has 0 fully saturated rings. The predicted octanol–water partition coefficient (Wildman–Crippen LogP) is 3.50. The molecule has 0 spiro atoms. The Balaban J connectivity index is 5.54. The molecular weight excluding hydrogens is 256 g/mol. The van der Waals surface area contributed by atoms with Crippen molar-refractivity contribution in [3.05, 3.63) is 12.2 Å². The lowest BCUT2D eigenvalue weighted by Crippen LogP contribution is -2.43. The van der Waals surface area contributed by atoms with E-state index >= 15 is 0 Å². The molecule has 0 aliphatic carbocycles. The summed E-state index contributed by atoms with van der Waals surface area (Å²) in [5.74, 6) is -0.822. The molecule has 0 aliphatic rings. The van der Waals surface area contributed by atoms with Crippen LogP contribution in [0.2, 0.25) is 0 Å². The number of ether oxygens (including phenoxy) is 2. The minimum Gasteiger partial charge on any atom is -0.465 e. The SMILES string of the molecule is C=C(CC)CC(CC(C)C)(C(=O)OCC)C(=O)OCC. The molecule has 0 radical (unpaired) electrons. The Labute approximate surface area is 122 Å². The van der Waals surface area contributed by atoms with Gasteiger partial charge in [-0.15, -0.1) is 0 Å². The zero-order valence-electron chi connectivity index (χ0n) is 13.5. The molecule has 116 valence electrons. The van der Waals surface area contributed by atoms with E-state index in [9.17, 15) is 9.59 Å². The van der Waals surface area contributed by atoms with Crippen molar-refractivity contribution in [2.75, 3.05) is 13.2 Å². The van der Waals surface area contributed by atoms with E-state index < -0.39 is 17.4 Å². The van der Waals surface area contributed by atoms with Crippen LogP contribution in [0.15, 0.2) is 12.2 Å². The van der Waals surface area contributed by atoms with E-state index in [-0.39, 0.29) is 19.1 Å². The van der Waals surface area contributed by atoms with Crippen molar-refractivity contribution in [3.63, 3.8) is 0 Å². The summed E-state index contributed by atoms with van der Waals surface area (Å²) in [7, 11) is 0. The van der Waals surface area contributed by atoms with E-state index in [1.807, 2.05) is 20.8 Å². The summed E-state index contributed by atoms with van der Waals surface area (Å²) in [6, 6.07) is 0. The first-order chi connectivity index (χ1) is 9.33. The Bertz CT molecular complexity index is 326. The molecule has 4 heteroatoms. The summed E-state index contributed by atoms with van der Waals surface area (Å²) in [5, 5.41) is 0. The molecule has 0 heterocycles. The Morgan fingerprint density at radius 2 is 1.50 bits per heavy atom. The fourth-order valence-electron chi connectivity index (χ4n) is 2.25. The normalized spacial score (nSPS) is 11.3. The highest BCUT2D eigenvalue weighted by Gasteiger charge is 2.49. The molecule has 0 aliphatic heterocycles. The largest absolute Gasteiger partial charge is 0.465 e. The summed E-state index contributed by atoms with van der Waals surface area (Å²) in [6.07, 6.45) is 1.42. The van der Waals surface area contributed by atoms with Gasteiger partial charge in [-0.25, -0.2) is 0 Å². The lowest BCUT2D eigenvalue weighted by Gasteiger charge is -2.31. The quantitative estimate of drug-likeness (QED) is 0.369. The molecule has 0 amide bonds. The first kappa shape index (κ1) is 18.7. The molecule has 0 saturated heterocycles. The molecule has 0 rings (SSSR count). The molecule has 4 nitrogen and oxygen atoms in total. The highest BCUT2D eigenvalue weighted by atomic mass is 16.6. The smallest absolute Gasteiger partial charge is 0.323 e. The second-order valence-corrected chi connectivity index (χ2v) is 5.40. The molecule has 0 N–H and O–H groups in total. The van der Waals surface area contributed by atoms with E-state index in [4.69, 9.17) is 9.47 Å². The molecule has 0 saturated carbocycles. The van der Waals surface area contributed by atoms with Crippen LogP contribution in [0.1, 0.15) is 53.9 Å². The van der Waals surface area contributed by atoms with E-state index in [0.29, 0.717) is 12.8 Å². The zero-order valence-corrected chi connectivity index (χ0v) is 13.5. The van der Waals surface area contributed by atoms with Crippen LogP contribution in [0.4, 0.5) is 0 Å². The summed E-state index contributed by atoms with van der Waals surface area (Å²) in [6.45, 7) is 13.8. The molecule has 0 aromatic heterocycles. The third-order valence-electron chi connectivity index (χ3n) is 3.14. The van der Waals surface area contributed by atoms with Gasteiger partial charge >= 0.3 is 11.9 Å². The molecule has 0 aromatic carbocycles. The van der Waals surface area contributed by atoms with Gasteiger partial charge in [0, 0.05) is 0 Å². The fourth-order valence-corrected chi connectivity index (χ4v) is 2.25. The maximum atomic E-state index is 12.4. The minimum absolute atomic E-state index is 0.175. The minimum atomic E-state index is -1.26. The Kier molecular flexibility index (Phi) is 8.19. The molecule has 20 heavy (non-hydrogen) atoms. The van der Waals surface area contributed by atoms with Gasteiger partial charge in [0.1, 0.15) is 0 Å². The van der Waals surface area contributed by atoms with Crippen molar-refractivity contribution in [1.29, 1.82) is 0 Å². The van der Waals surface area contributed by atoms with Gasteiger partial charge in [-0.2, -0.15) is 0 Å². The third-order valence-corrected chi connectivity index (χ3v) is 3.14. The van der Waals surface area contributed by atoms with Gasteiger partial charge < -0.3 is 9.47 Å². The highest BCUT2D eigenvalue weighted by Crippen LogP contribution is 2.37. The Morgan fingerprint density at radius 1 is 1.05 bits per heavy atom. The van der Waals surface area contributed by atoms with Gasteiger partial charge in [0.2, 0.25) is 0 Å². The van der Waals surface area contributed by atoms with Crippen molar-refractivity contribution in [2.45, 2.75) is 53.9 Å². The standard InChI is InChI=1S/C16H28O4/c1-7-13(6)11-16(10-12(4)5,14(17)19-8-2)15(18)20-9-3/h12H,6-11H2,1-5H3. The van der Waals surface area contributed by atoms with Crippen molar-refractivity contribution in [1.82, 2.24) is 0 Å². The monoisotopic (exact) mass is 284 g/mol. The van der Waals surface area contributed by atoms with Gasteiger partial charge in [-0.1, -0.05) is 32.9 Å². The zero-order chi connectivity index (χ0) is 15.8. The van der Waals surface area contributed by atoms with Crippen molar-refractivity contribution >= 4 is 11.9 Å². The van der Waals surface area contributed by atoms with Crippen LogP contribution in [-0.2, 0) is 19.1 Å². The lowest BCUT2D eigenvalue weighted by atomic mass is 9.75. The van der Waals surface area contributed by atoms with Gasteiger partial charge in [-0.3, -0.25) is 9.59 Å². The predicted molar refractivity (Wildman–Crippen MR) is 79.2 cm³/mol. The topological polar surface area (TPSA) is 52.6 Å². The number of rotatable bonds is 9. The Hall–Kier alpha value is -1.32. The van der Waals surface area contributed by atoms with E-state index in [1.165, 1.54) is 0 Å². The average Bonchev–Trinajstić information content (AvgIpc) is 2.37. The van der Waals surface area contributed by atoms with Crippen LogP contribution < -0.4 is 0 Å². The third kappa shape index (κ3) is 4.99. The summed E-state index contributed by atoms with van der Waals surface area (Å²) in [4.78, 5) is 24.8. The van der Waals surface area contributed by atoms with Crippen molar-refractivity contribution in [3.8, 4) is 0 Å². The summed E-state index contributed by atoms with van der Waals surface area (Å²) in [5.41, 5.74) is -0.403. The van der Waals surface area contributed by atoms with Crippen LogP contribution in [0, 0.1) is 11.3 Å². The summed E-state index contributed by atoms with van der Waals surface area (Å²) >= 11 is 0. The van der Waals surface area contributed by atoms with Crippen LogP contribution >= 0.6 is 0 Å². The van der Waals surface area contributed by atoms with Crippen LogP contribution in [-0.4, -0.2) is 25.2 Å². The van der Waals surface area contributed by atoms with Gasteiger partial charge in [-0.05, 0) is 39.0 Å². The van der Waals surface area contributed by atoms with Crippen molar-refractivity contribution < 1.29 is 19.1 Å². The summed E-state index contributed by atoms with van der Waals surface area (Å²) < 4.78 is 10.3. The molecular formula is C16H28O4. The number of carbonyl (C=O) groups is 2. The van der Waals surface area contributed by atoms with Crippen LogP contribution in [0.25, 0.3) is 0 Å². The first-order valence-electron chi connectivity index (χ1n) is 7.35. The number of hydrogen-bond donors (Lipinski definition) is 0. The van der Waals surface area contributed by atoms with Gasteiger partial charge in [0.25, 0.3) is 0 Å². The number of carbonyl (C=O) groups excluding carboxylic acids is 2. The van der Waals surface area contributed by atoms with Crippen molar-refractivity contribution in [2.24, 2.45) is 11.3 Å². The average molecular weight is 284 g/mol. The number of hydrogen-bond acceptors (Lipinski definition) is 4. The second-order valence-electron chi connectivity index (χ2n) is 5.40. The Morgan fingerprint density at radius 3 is 1.80 bits per heavy atom. The molecule has 0 bridgehead atoms. The lowest BCUT2D eigenvalue weighted by molar-refractivity contribution is -0.173. The molecule has 0 aromatic rings. The molecule has 0 atom stereocenters. The second kappa shape index (κ2) is 8.77. The maximum absolute atomic E-state index is 12.4. The van der Waals surface area contributed by atoms with Crippen LogP contribution in [0.3, 0.4) is 0 Å². The van der Waals surface area contributed by atoms with E-state index in [2.05, 4.69) is 6.58 Å². The molecule has 0 unspecified atom stereocenters. The van der Waals surface area contributed by atoms with E-state index in [0.717, 1.165) is 12.0 Å².